The number of carbonyl (C=O) groups is 1. The van der Waals surface area contributed by atoms with Crippen molar-refractivity contribution < 1.29 is 18.7 Å². The monoisotopic (exact) mass is 482 g/mol. The fraction of sp³-hybridized carbons (Fsp3) is 0.217. The Labute approximate surface area is 199 Å². The molecule has 0 atom stereocenters. The standard InChI is InChI=1S/C23H23FN6O3S/c1-14-11-18(29(2)28-14)22-26-27-23(30(22)17-8-5-15(24)6-9-17)34-13-21(31)25-16-7-10-19(32-3)20(12-16)33-4/h5-12H,13H2,1-4H3,(H,25,31). The molecule has 0 unspecified atom stereocenters. The van der Waals surface area contributed by atoms with E-state index in [9.17, 15) is 9.18 Å². The van der Waals surface area contributed by atoms with Gasteiger partial charge in [0.25, 0.3) is 0 Å². The summed E-state index contributed by atoms with van der Waals surface area (Å²) in [6.45, 7) is 1.89. The Morgan fingerprint density at radius 3 is 2.44 bits per heavy atom. The SMILES string of the molecule is COc1ccc(NC(=O)CSc2nnc(-c3cc(C)nn3C)n2-c2ccc(F)cc2)cc1OC. The molecule has 1 amide bonds. The number of methoxy groups -OCH3 is 2. The molecular weight excluding hydrogens is 459 g/mol. The minimum absolute atomic E-state index is 0.0814. The second-order valence-electron chi connectivity index (χ2n) is 7.32. The Morgan fingerprint density at radius 1 is 1.06 bits per heavy atom. The number of ether oxygens (including phenoxy) is 2. The van der Waals surface area contributed by atoms with E-state index >= 15 is 0 Å². The number of aryl methyl sites for hydroxylation is 2. The maximum absolute atomic E-state index is 13.6. The number of hydrogen-bond donors (Lipinski definition) is 1. The number of nitrogens with zero attached hydrogens (tertiary/aromatic N) is 5. The first-order valence-corrected chi connectivity index (χ1v) is 11.2. The van der Waals surface area contributed by atoms with Gasteiger partial charge in [0.05, 0.1) is 25.7 Å². The van der Waals surface area contributed by atoms with Crippen molar-refractivity contribution in [2.24, 2.45) is 7.05 Å². The summed E-state index contributed by atoms with van der Waals surface area (Å²) in [5.74, 6) is 1.12. The van der Waals surface area contributed by atoms with E-state index in [1.54, 1.807) is 46.7 Å². The first kappa shape index (κ1) is 23.3. The Morgan fingerprint density at radius 2 is 1.79 bits per heavy atom. The fourth-order valence-electron chi connectivity index (χ4n) is 3.41. The van der Waals surface area contributed by atoms with Crippen LogP contribution in [0.3, 0.4) is 0 Å². The van der Waals surface area contributed by atoms with Gasteiger partial charge in [-0.2, -0.15) is 5.10 Å². The van der Waals surface area contributed by atoms with Crippen LogP contribution in [0.4, 0.5) is 10.1 Å². The second-order valence-corrected chi connectivity index (χ2v) is 8.26. The molecule has 34 heavy (non-hydrogen) atoms. The van der Waals surface area contributed by atoms with Gasteiger partial charge < -0.3 is 14.8 Å². The van der Waals surface area contributed by atoms with Crippen LogP contribution < -0.4 is 14.8 Å². The van der Waals surface area contributed by atoms with Crippen LogP contribution in [0.5, 0.6) is 11.5 Å². The number of amides is 1. The van der Waals surface area contributed by atoms with Crippen LogP contribution in [-0.2, 0) is 11.8 Å². The van der Waals surface area contributed by atoms with Crippen LogP contribution in [0, 0.1) is 12.7 Å². The lowest BCUT2D eigenvalue weighted by Crippen LogP contribution is -2.14. The molecule has 2 heterocycles. The van der Waals surface area contributed by atoms with Crippen molar-refractivity contribution >= 4 is 23.4 Å². The molecule has 0 saturated heterocycles. The van der Waals surface area contributed by atoms with Crippen LogP contribution in [0.25, 0.3) is 17.2 Å². The number of hydrogen-bond acceptors (Lipinski definition) is 7. The number of rotatable bonds is 8. The van der Waals surface area contributed by atoms with Crippen LogP contribution >= 0.6 is 11.8 Å². The molecule has 1 N–H and O–H groups in total. The molecule has 2 aromatic carbocycles. The van der Waals surface area contributed by atoms with Crippen LogP contribution in [-0.4, -0.2) is 50.4 Å². The molecule has 0 spiro atoms. The first-order chi connectivity index (χ1) is 16.4. The van der Waals surface area contributed by atoms with Gasteiger partial charge in [-0.3, -0.25) is 14.0 Å². The summed E-state index contributed by atoms with van der Waals surface area (Å²) in [4.78, 5) is 12.6. The second kappa shape index (κ2) is 9.96. The highest BCUT2D eigenvalue weighted by molar-refractivity contribution is 7.99. The average Bonchev–Trinajstić information content (AvgIpc) is 3.39. The normalized spacial score (nSPS) is 10.9. The maximum atomic E-state index is 13.6. The van der Waals surface area contributed by atoms with E-state index in [1.807, 2.05) is 20.0 Å². The smallest absolute Gasteiger partial charge is 0.234 e. The molecule has 0 saturated carbocycles. The Hall–Kier alpha value is -3.86. The highest BCUT2D eigenvalue weighted by Crippen LogP contribution is 2.31. The molecule has 9 nitrogen and oxygen atoms in total. The van der Waals surface area contributed by atoms with E-state index in [0.717, 1.165) is 11.4 Å². The number of carbonyl (C=O) groups excluding carboxylic acids is 1. The summed E-state index contributed by atoms with van der Waals surface area (Å²) in [7, 11) is 4.89. The lowest BCUT2D eigenvalue weighted by Gasteiger charge is -2.11. The maximum Gasteiger partial charge on any atom is 0.234 e. The molecule has 0 aliphatic carbocycles. The zero-order valence-corrected chi connectivity index (χ0v) is 19.9. The summed E-state index contributed by atoms with van der Waals surface area (Å²) in [6, 6.07) is 13.0. The van der Waals surface area contributed by atoms with Crippen molar-refractivity contribution in [3.63, 3.8) is 0 Å². The number of nitrogens with one attached hydrogen (secondary N) is 1. The van der Waals surface area contributed by atoms with E-state index in [0.29, 0.717) is 33.9 Å². The topological polar surface area (TPSA) is 96.1 Å². The van der Waals surface area contributed by atoms with E-state index in [4.69, 9.17) is 9.47 Å². The molecule has 0 bridgehead atoms. The zero-order valence-electron chi connectivity index (χ0n) is 19.1. The predicted molar refractivity (Wildman–Crippen MR) is 127 cm³/mol. The van der Waals surface area contributed by atoms with E-state index in [2.05, 4.69) is 20.6 Å². The third-order valence-corrected chi connectivity index (χ3v) is 5.88. The quantitative estimate of drug-likeness (QED) is 0.381. The van der Waals surface area contributed by atoms with Gasteiger partial charge in [-0.05, 0) is 49.4 Å². The molecule has 0 fully saturated rings. The van der Waals surface area contributed by atoms with Gasteiger partial charge in [-0.15, -0.1) is 10.2 Å². The Bertz CT molecular complexity index is 1320. The number of anilines is 1. The van der Waals surface area contributed by atoms with Gasteiger partial charge in [-0.25, -0.2) is 4.39 Å². The molecule has 4 aromatic rings. The lowest BCUT2D eigenvalue weighted by molar-refractivity contribution is -0.113. The van der Waals surface area contributed by atoms with Gasteiger partial charge in [0, 0.05) is 24.5 Å². The first-order valence-electron chi connectivity index (χ1n) is 10.3. The number of thioether (sulfide) groups is 1. The molecule has 0 radical (unpaired) electrons. The summed E-state index contributed by atoms with van der Waals surface area (Å²) in [5, 5.41) is 16.3. The van der Waals surface area contributed by atoms with Gasteiger partial charge in [0.1, 0.15) is 11.5 Å². The molecule has 0 aliphatic heterocycles. The van der Waals surface area contributed by atoms with Crippen LogP contribution in [0.2, 0.25) is 0 Å². The van der Waals surface area contributed by atoms with Crippen LogP contribution in [0.15, 0.2) is 53.7 Å². The third kappa shape index (κ3) is 4.88. The van der Waals surface area contributed by atoms with Crippen LogP contribution in [0.1, 0.15) is 5.69 Å². The molecule has 4 rings (SSSR count). The molecular formula is C23H23FN6O3S. The highest BCUT2D eigenvalue weighted by Gasteiger charge is 2.20. The van der Waals surface area contributed by atoms with E-state index in [-0.39, 0.29) is 17.5 Å². The van der Waals surface area contributed by atoms with Crippen molar-refractivity contribution in [2.75, 3.05) is 25.3 Å². The Kier molecular flexibility index (Phi) is 6.82. The lowest BCUT2D eigenvalue weighted by atomic mass is 10.2. The Balaban J connectivity index is 1.58. The average molecular weight is 483 g/mol. The third-order valence-electron chi connectivity index (χ3n) is 4.95. The van der Waals surface area contributed by atoms with Gasteiger partial charge >= 0.3 is 0 Å². The molecule has 176 valence electrons. The van der Waals surface area contributed by atoms with Crippen molar-refractivity contribution in [3.05, 3.63) is 60.0 Å². The molecule has 2 aromatic heterocycles. The van der Waals surface area contributed by atoms with Crippen molar-refractivity contribution in [3.8, 4) is 28.7 Å². The minimum Gasteiger partial charge on any atom is -0.493 e. The van der Waals surface area contributed by atoms with Crippen molar-refractivity contribution in [1.82, 2.24) is 24.5 Å². The van der Waals surface area contributed by atoms with Gasteiger partial charge in [-0.1, -0.05) is 11.8 Å². The number of halogens is 1. The largest absolute Gasteiger partial charge is 0.493 e. The fourth-order valence-corrected chi connectivity index (χ4v) is 4.17. The predicted octanol–water partition coefficient (Wildman–Crippen LogP) is 3.86. The molecule has 0 aliphatic rings. The van der Waals surface area contributed by atoms with Crippen molar-refractivity contribution in [1.29, 1.82) is 0 Å². The van der Waals surface area contributed by atoms with Gasteiger partial charge in [0.2, 0.25) is 5.91 Å². The summed E-state index contributed by atoms with van der Waals surface area (Å²) in [5.41, 5.74) is 2.82. The summed E-state index contributed by atoms with van der Waals surface area (Å²) >= 11 is 1.22. The number of benzene rings is 2. The zero-order chi connectivity index (χ0) is 24.2. The molecule has 11 heteroatoms. The van der Waals surface area contributed by atoms with E-state index < -0.39 is 0 Å². The van der Waals surface area contributed by atoms with Gasteiger partial charge in [0.15, 0.2) is 22.5 Å². The minimum atomic E-state index is -0.349. The summed E-state index contributed by atoms with van der Waals surface area (Å²) < 4.78 is 27.5. The highest BCUT2D eigenvalue weighted by atomic mass is 32.2. The van der Waals surface area contributed by atoms with E-state index in [1.165, 1.54) is 31.0 Å². The summed E-state index contributed by atoms with van der Waals surface area (Å²) in [6.07, 6.45) is 0. The van der Waals surface area contributed by atoms with Crippen molar-refractivity contribution in [2.45, 2.75) is 12.1 Å². The number of aromatic nitrogens is 5.